The number of methoxy groups -OCH3 is 1. The molecule has 1 rings (SSSR count). The number of nitrogens with zero attached hydrogens (tertiary/aromatic N) is 3. The summed E-state index contributed by atoms with van der Waals surface area (Å²) >= 11 is 0. The summed E-state index contributed by atoms with van der Waals surface area (Å²) in [6.45, 7) is 4.13. The first kappa shape index (κ1) is 14.1. The summed E-state index contributed by atoms with van der Waals surface area (Å²) in [5, 5.41) is 8.50. The minimum atomic E-state index is -0.991. The summed E-state index contributed by atoms with van der Waals surface area (Å²) in [7, 11) is 1.65. The lowest BCUT2D eigenvalue weighted by Gasteiger charge is -2.19. The lowest BCUT2D eigenvalue weighted by molar-refractivity contribution is -0.131. The van der Waals surface area contributed by atoms with Crippen LogP contribution in [0.3, 0.4) is 0 Å². The van der Waals surface area contributed by atoms with Crippen LogP contribution in [-0.4, -0.2) is 47.8 Å². The number of anilines is 1. The number of hydrogen-bond acceptors (Lipinski definition) is 5. The zero-order valence-corrected chi connectivity index (χ0v) is 10.5. The number of carboxylic acids is 1. The average molecular weight is 251 g/mol. The van der Waals surface area contributed by atoms with Crippen LogP contribution in [0.5, 0.6) is 0 Å². The maximum absolute atomic E-state index is 10.4. The molecular weight excluding hydrogens is 234 g/mol. The maximum atomic E-state index is 10.4. The minimum absolute atomic E-state index is 0.609. The Bertz CT molecular complexity index is 404. The van der Waals surface area contributed by atoms with E-state index in [0.717, 1.165) is 19.2 Å². The van der Waals surface area contributed by atoms with Crippen LogP contribution >= 0.6 is 0 Å². The van der Waals surface area contributed by atoms with Gasteiger partial charge in [0.15, 0.2) is 0 Å². The lowest BCUT2D eigenvalue weighted by Crippen LogP contribution is -2.28. The van der Waals surface area contributed by atoms with Gasteiger partial charge in [-0.2, -0.15) is 0 Å². The Labute approximate surface area is 106 Å². The molecule has 1 aromatic heterocycles. The first-order chi connectivity index (χ1) is 8.67. The van der Waals surface area contributed by atoms with E-state index < -0.39 is 5.97 Å². The average Bonchev–Trinajstić information content (AvgIpc) is 2.38. The van der Waals surface area contributed by atoms with Crippen LogP contribution < -0.4 is 4.90 Å². The van der Waals surface area contributed by atoms with E-state index in [1.54, 1.807) is 19.5 Å². The number of carboxylic acid groups (broad SMARTS) is 1. The first-order valence-electron chi connectivity index (χ1n) is 5.64. The molecule has 0 atom stereocenters. The Morgan fingerprint density at radius 1 is 1.50 bits per heavy atom. The highest BCUT2D eigenvalue weighted by Gasteiger charge is 2.06. The number of likely N-dealkylation sites (N-methyl/N-ethyl adjacent to an activating group) is 1. The Kier molecular flexibility index (Phi) is 5.79. The molecule has 6 nitrogen and oxygen atoms in total. The van der Waals surface area contributed by atoms with Crippen LogP contribution in [0.4, 0.5) is 5.95 Å². The summed E-state index contributed by atoms with van der Waals surface area (Å²) in [5.41, 5.74) is 0.656. The monoisotopic (exact) mass is 251 g/mol. The van der Waals surface area contributed by atoms with Gasteiger partial charge in [-0.1, -0.05) is 0 Å². The quantitative estimate of drug-likeness (QED) is 0.730. The van der Waals surface area contributed by atoms with Gasteiger partial charge in [0.25, 0.3) is 0 Å². The molecule has 6 heteroatoms. The van der Waals surface area contributed by atoms with Crippen molar-refractivity contribution in [1.82, 2.24) is 9.97 Å². The van der Waals surface area contributed by atoms with Gasteiger partial charge in [-0.3, -0.25) is 0 Å². The summed E-state index contributed by atoms with van der Waals surface area (Å²) in [4.78, 5) is 20.7. The molecule has 1 heterocycles. The van der Waals surface area contributed by atoms with E-state index in [1.807, 2.05) is 11.8 Å². The molecule has 0 amide bonds. The van der Waals surface area contributed by atoms with Gasteiger partial charge in [0.05, 0.1) is 6.61 Å². The number of ether oxygens (including phenoxy) is 1. The predicted octanol–water partition coefficient (Wildman–Crippen LogP) is 1.05. The predicted molar refractivity (Wildman–Crippen MR) is 68.5 cm³/mol. The van der Waals surface area contributed by atoms with Crippen LogP contribution in [0.25, 0.3) is 6.08 Å². The third-order valence-electron chi connectivity index (χ3n) is 2.31. The SMILES string of the molecule is CCN(CCOC)c1ncc(/C=C/C(=O)O)cn1. The molecule has 1 N–H and O–H groups in total. The van der Waals surface area contributed by atoms with E-state index in [4.69, 9.17) is 9.84 Å². The van der Waals surface area contributed by atoms with E-state index in [-0.39, 0.29) is 0 Å². The molecule has 0 spiro atoms. The van der Waals surface area contributed by atoms with Gasteiger partial charge in [-0.05, 0) is 13.0 Å². The minimum Gasteiger partial charge on any atom is -0.478 e. The molecule has 0 fully saturated rings. The second-order valence-corrected chi connectivity index (χ2v) is 3.56. The third-order valence-corrected chi connectivity index (χ3v) is 2.31. The van der Waals surface area contributed by atoms with Crippen molar-refractivity contribution >= 4 is 18.0 Å². The Morgan fingerprint density at radius 2 is 2.17 bits per heavy atom. The molecule has 0 bridgehead atoms. The van der Waals surface area contributed by atoms with Gasteiger partial charge in [0, 0.05) is 44.2 Å². The van der Waals surface area contributed by atoms with Crippen LogP contribution in [-0.2, 0) is 9.53 Å². The maximum Gasteiger partial charge on any atom is 0.328 e. The molecule has 18 heavy (non-hydrogen) atoms. The molecule has 0 saturated carbocycles. The summed E-state index contributed by atoms with van der Waals surface area (Å²) < 4.78 is 5.01. The van der Waals surface area contributed by atoms with E-state index >= 15 is 0 Å². The van der Waals surface area contributed by atoms with Crippen molar-refractivity contribution in [3.05, 3.63) is 24.0 Å². The third kappa shape index (κ3) is 4.50. The fourth-order valence-corrected chi connectivity index (χ4v) is 1.35. The zero-order chi connectivity index (χ0) is 13.4. The van der Waals surface area contributed by atoms with Crippen LogP contribution in [0.2, 0.25) is 0 Å². The van der Waals surface area contributed by atoms with Crippen molar-refractivity contribution in [2.75, 3.05) is 31.7 Å². The highest BCUT2D eigenvalue weighted by molar-refractivity contribution is 5.85. The van der Waals surface area contributed by atoms with E-state index in [2.05, 4.69) is 9.97 Å². The number of carbonyl (C=O) groups is 1. The molecular formula is C12H17N3O3. The van der Waals surface area contributed by atoms with Crippen molar-refractivity contribution < 1.29 is 14.6 Å². The highest BCUT2D eigenvalue weighted by Crippen LogP contribution is 2.07. The molecule has 0 saturated heterocycles. The van der Waals surface area contributed by atoms with Gasteiger partial charge < -0.3 is 14.7 Å². The van der Waals surface area contributed by atoms with Crippen molar-refractivity contribution in [2.24, 2.45) is 0 Å². The number of rotatable bonds is 7. The van der Waals surface area contributed by atoms with Gasteiger partial charge in [0.2, 0.25) is 5.95 Å². The van der Waals surface area contributed by atoms with E-state index in [0.29, 0.717) is 18.1 Å². The molecule has 98 valence electrons. The fourth-order valence-electron chi connectivity index (χ4n) is 1.35. The Balaban J connectivity index is 2.71. The van der Waals surface area contributed by atoms with Crippen molar-refractivity contribution in [3.63, 3.8) is 0 Å². The molecule has 0 aliphatic heterocycles. The summed E-state index contributed by atoms with van der Waals surface area (Å²) in [6.07, 6.45) is 5.70. The Morgan fingerprint density at radius 3 is 2.67 bits per heavy atom. The zero-order valence-electron chi connectivity index (χ0n) is 10.5. The van der Waals surface area contributed by atoms with Crippen LogP contribution in [0.15, 0.2) is 18.5 Å². The van der Waals surface area contributed by atoms with Gasteiger partial charge in [0.1, 0.15) is 0 Å². The molecule has 0 aliphatic rings. The number of aliphatic carboxylic acids is 1. The van der Waals surface area contributed by atoms with Gasteiger partial charge in [-0.25, -0.2) is 14.8 Å². The van der Waals surface area contributed by atoms with E-state index in [9.17, 15) is 4.79 Å². The number of aromatic nitrogens is 2. The second kappa shape index (κ2) is 7.39. The summed E-state index contributed by atoms with van der Waals surface area (Å²) in [5.74, 6) is -0.378. The van der Waals surface area contributed by atoms with Crippen molar-refractivity contribution in [2.45, 2.75) is 6.92 Å². The fraction of sp³-hybridized carbons (Fsp3) is 0.417. The standard InChI is InChI=1S/C12H17N3O3/c1-3-15(6-7-18-2)12-13-8-10(9-14-12)4-5-11(16)17/h4-5,8-9H,3,6-7H2,1-2H3,(H,16,17)/b5-4+. The number of hydrogen-bond donors (Lipinski definition) is 1. The van der Waals surface area contributed by atoms with Gasteiger partial charge >= 0.3 is 5.97 Å². The largest absolute Gasteiger partial charge is 0.478 e. The second-order valence-electron chi connectivity index (χ2n) is 3.56. The molecule has 0 unspecified atom stereocenters. The Hall–Kier alpha value is -1.95. The molecule has 0 aliphatic carbocycles. The van der Waals surface area contributed by atoms with Crippen LogP contribution in [0.1, 0.15) is 12.5 Å². The lowest BCUT2D eigenvalue weighted by atomic mass is 10.3. The highest BCUT2D eigenvalue weighted by atomic mass is 16.5. The molecule has 1 aromatic rings. The van der Waals surface area contributed by atoms with Crippen molar-refractivity contribution in [1.29, 1.82) is 0 Å². The normalized spacial score (nSPS) is 10.8. The first-order valence-corrected chi connectivity index (χ1v) is 5.64. The topological polar surface area (TPSA) is 75.5 Å². The van der Waals surface area contributed by atoms with Crippen molar-refractivity contribution in [3.8, 4) is 0 Å². The van der Waals surface area contributed by atoms with Crippen LogP contribution in [0, 0.1) is 0 Å². The molecule has 0 aromatic carbocycles. The summed E-state index contributed by atoms with van der Waals surface area (Å²) in [6, 6.07) is 0. The van der Waals surface area contributed by atoms with Gasteiger partial charge in [-0.15, -0.1) is 0 Å². The molecule has 0 radical (unpaired) electrons. The smallest absolute Gasteiger partial charge is 0.328 e. The van der Waals surface area contributed by atoms with E-state index in [1.165, 1.54) is 6.08 Å².